The van der Waals surface area contributed by atoms with E-state index < -0.39 is 22.6 Å². The van der Waals surface area contributed by atoms with Gasteiger partial charge >= 0.3 is 0 Å². The van der Waals surface area contributed by atoms with Crippen molar-refractivity contribution in [2.45, 2.75) is 13.5 Å². The van der Waals surface area contributed by atoms with Gasteiger partial charge in [-0.15, -0.1) is 0 Å². The number of nitrogens with one attached hydrogen (secondary N) is 2. The highest BCUT2D eigenvalue weighted by Gasteiger charge is 2.21. The number of anilines is 1. The molecule has 3 aromatic rings. The molecule has 0 radical (unpaired) electrons. The zero-order chi connectivity index (χ0) is 23.8. The number of hydrogen-bond acceptors (Lipinski definition) is 6. The summed E-state index contributed by atoms with van der Waals surface area (Å²) in [4.78, 5) is 49.1. The summed E-state index contributed by atoms with van der Waals surface area (Å²) in [5.74, 6) is -1.01. The predicted octanol–water partition coefficient (Wildman–Crippen LogP) is 2.89. The van der Waals surface area contributed by atoms with E-state index in [1.54, 1.807) is 30.3 Å². The monoisotopic (exact) mass is 450 g/mol. The molecule has 0 atom stereocenters. The maximum Gasteiger partial charge on any atom is 0.269 e. The highest BCUT2D eigenvalue weighted by atomic mass is 16.6. The number of nitro groups is 1. The van der Waals surface area contributed by atoms with Gasteiger partial charge in [0.05, 0.1) is 24.3 Å². The molecule has 0 aliphatic carbocycles. The van der Waals surface area contributed by atoms with E-state index in [-0.39, 0.29) is 30.9 Å². The van der Waals surface area contributed by atoms with Crippen molar-refractivity contribution in [2.75, 3.05) is 18.4 Å². The number of hydrogen-bond donors (Lipinski definition) is 2. The van der Waals surface area contributed by atoms with Crippen LogP contribution in [0.15, 0.2) is 71.3 Å². The van der Waals surface area contributed by atoms with Crippen molar-refractivity contribution in [3.8, 4) is 0 Å². The summed E-state index contributed by atoms with van der Waals surface area (Å²) < 4.78 is 5.28. The van der Waals surface area contributed by atoms with Gasteiger partial charge < -0.3 is 20.0 Å². The largest absolute Gasteiger partial charge is 0.467 e. The SMILES string of the molecule is Cc1cccc(NC(=O)CNC(=O)CN(Cc2ccco2)C(=O)c2ccc([N+](=O)[O-])cc2)c1. The molecule has 1 heterocycles. The minimum Gasteiger partial charge on any atom is -0.467 e. The Morgan fingerprint density at radius 2 is 1.79 bits per heavy atom. The molecule has 0 aliphatic rings. The molecular formula is C23H22N4O6. The van der Waals surface area contributed by atoms with Crippen molar-refractivity contribution in [1.29, 1.82) is 0 Å². The van der Waals surface area contributed by atoms with Crippen LogP contribution in [-0.2, 0) is 16.1 Å². The molecule has 3 amide bonds. The van der Waals surface area contributed by atoms with E-state index >= 15 is 0 Å². The lowest BCUT2D eigenvalue weighted by atomic mass is 10.1. The molecule has 0 spiro atoms. The van der Waals surface area contributed by atoms with Crippen molar-refractivity contribution in [2.24, 2.45) is 0 Å². The van der Waals surface area contributed by atoms with Crippen LogP contribution in [0.1, 0.15) is 21.7 Å². The van der Waals surface area contributed by atoms with Gasteiger partial charge in [0.15, 0.2) is 0 Å². The van der Waals surface area contributed by atoms with Crippen LogP contribution in [0.5, 0.6) is 0 Å². The van der Waals surface area contributed by atoms with Gasteiger partial charge in [0.2, 0.25) is 11.8 Å². The van der Waals surface area contributed by atoms with Crippen molar-refractivity contribution in [3.05, 3.63) is 93.9 Å². The minimum atomic E-state index is -0.565. The summed E-state index contributed by atoms with van der Waals surface area (Å²) in [6, 6.07) is 15.6. The highest BCUT2D eigenvalue weighted by Crippen LogP contribution is 2.15. The van der Waals surface area contributed by atoms with Crippen molar-refractivity contribution >= 4 is 29.1 Å². The lowest BCUT2D eigenvalue weighted by Gasteiger charge is -2.21. The van der Waals surface area contributed by atoms with E-state index in [1.165, 1.54) is 35.4 Å². The van der Waals surface area contributed by atoms with Crippen LogP contribution in [0.2, 0.25) is 0 Å². The zero-order valence-electron chi connectivity index (χ0n) is 17.8. The van der Waals surface area contributed by atoms with Crippen LogP contribution in [0.3, 0.4) is 0 Å². The third kappa shape index (κ3) is 6.76. The minimum absolute atomic E-state index is 0.00568. The van der Waals surface area contributed by atoms with E-state index in [4.69, 9.17) is 4.42 Å². The summed E-state index contributed by atoms with van der Waals surface area (Å²) in [7, 11) is 0. The summed E-state index contributed by atoms with van der Waals surface area (Å²) >= 11 is 0. The predicted molar refractivity (Wildman–Crippen MR) is 119 cm³/mol. The fraction of sp³-hybridized carbons (Fsp3) is 0.174. The Kier molecular flexibility index (Phi) is 7.53. The average molecular weight is 450 g/mol. The molecule has 0 fully saturated rings. The van der Waals surface area contributed by atoms with Crippen LogP contribution in [0.25, 0.3) is 0 Å². The number of aryl methyl sites for hydroxylation is 1. The highest BCUT2D eigenvalue weighted by molar-refractivity contribution is 5.98. The Bertz CT molecular complexity index is 1140. The van der Waals surface area contributed by atoms with E-state index in [2.05, 4.69) is 10.6 Å². The van der Waals surface area contributed by atoms with Gasteiger partial charge in [-0.25, -0.2) is 0 Å². The standard InChI is InChI=1S/C23H22N4O6/c1-16-4-2-5-18(12-16)25-21(28)13-24-22(29)15-26(14-20-6-3-11-33-20)23(30)17-7-9-19(10-8-17)27(31)32/h2-12H,13-15H2,1H3,(H,24,29)(H,25,28). The molecule has 170 valence electrons. The topological polar surface area (TPSA) is 135 Å². The van der Waals surface area contributed by atoms with E-state index in [0.717, 1.165) is 5.56 Å². The summed E-state index contributed by atoms with van der Waals surface area (Å²) in [5, 5.41) is 16.0. The van der Waals surface area contributed by atoms with Crippen LogP contribution >= 0.6 is 0 Å². The molecule has 0 saturated carbocycles. The fourth-order valence-corrected chi connectivity index (χ4v) is 3.03. The van der Waals surface area contributed by atoms with Crippen LogP contribution in [0, 0.1) is 17.0 Å². The number of carbonyl (C=O) groups is 3. The molecule has 33 heavy (non-hydrogen) atoms. The molecule has 0 aliphatic heterocycles. The molecule has 0 unspecified atom stereocenters. The van der Waals surface area contributed by atoms with Gasteiger partial charge in [-0.3, -0.25) is 24.5 Å². The number of non-ortho nitro benzene ring substituents is 1. The normalized spacial score (nSPS) is 10.3. The third-order valence-electron chi connectivity index (χ3n) is 4.62. The van der Waals surface area contributed by atoms with Crippen LogP contribution in [-0.4, -0.2) is 40.6 Å². The summed E-state index contributed by atoms with van der Waals surface area (Å²) in [6.07, 6.45) is 1.44. The van der Waals surface area contributed by atoms with Gasteiger partial charge in [-0.1, -0.05) is 12.1 Å². The Labute approximate surface area is 189 Å². The number of nitrogens with zero attached hydrogens (tertiary/aromatic N) is 2. The zero-order valence-corrected chi connectivity index (χ0v) is 17.8. The molecule has 0 bridgehead atoms. The Balaban J connectivity index is 1.62. The number of nitro benzene ring substituents is 1. The quantitative estimate of drug-likeness (QED) is 0.380. The lowest BCUT2D eigenvalue weighted by Crippen LogP contribution is -2.42. The van der Waals surface area contributed by atoms with E-state index in [9.17, 15) is 24.5 Å². The first-order valence-corrected chi connectivity index (χ1v) is 10.0. The van der Waals surface area contributed by atoms with Crippen molar-refractivity contribution in [1.82, 2.24) is 10.2 Å². The summed E-state index contributed by atoms with van der Waals surface area (Å²) in [6.45, 7) is 1.29. The first-order valence-electron chi connectivity index (χ1n) is 10.0. The molecule has 2 N–H and O–H groups in total. The fourth-order valence-electron chi connectivity index (χ4n) is 3.03. The number of furan rings is 1. The molecule has 0 saturated heterocycles. The van der Waals surface area contributed by atoms with E-state index in [1.807, 2.05) is 13.0 Å². The van der Waals surface area contributed by atoms with Gasteiger partial charge in [-0.05, 0) is 48.9 Å². The summed E-state index contributed by atoms with van der Waals surface area (Å²) in [5.41, 5.74) is 1.62. The number of rotatable bonds is 9. The van der Waals surface area contributed by atoms with Crippen LogP contribution < -0.4 is 10.6 Å². The van der Waals surface area contributed by atoms with Crippen molar-refractivity contribution < 1.29 is 23.7 Å². The van der Waals surface area contributed by atoms with Gasteiger partial charge in [-0.2, -0.15) is 0 Å². The smallest absolute Gasteiger partial charge is 0.269 e. The van der Waals surface area contributed by atoms with Crippen molar-refractivity contribution in [3.63, 3.8) is 0 Å². The first-order chi connectivity index (χ1) is 15.8. The maximum absolute atomic E-state index is 13.0. The second kappa shape index (κ2) is 10.7. The molecule has 10 heteroatoms. The second-order valence-electron chi connectivity index (χ2n) is 7.24. The van der Waals surface area contributed by atoms with E-state index in [0.29, 0.717) is 11.4 Å². The third-order valence-corrected chi connectivity index (χ3v) is 4.62. The molecule has 10 nitrogen and oxygen atoms in total. The number of benzene rings is 2. The lowest BCUT2D eigenvalue weighted by molar-refractivity contribution is -0.384. The Morgan fingerprint density at radius 1 is 1.03 bits per heavy atom. The van der Waals surface area contributed by atoms with Gasteiger partial charge in [0.1, 0.15) is 12.3 Å². The second-order valence-corrected chi connectivity index (χ2v) is 7.24. The molecule has 2 aromatic carbocycles. The number of amides is 3. The molecule has 3 rings (SSSR count). The Morgan fingerprint density at radius 3 is 2.42 bits per heavy atom. The van der Waals surface area contributed by atoms with Gasteiger partial charge in [0, 0.05) is 23.4 Å². The Hall–Kier alpha value is -4.47. The molecular weight excluding hydrogens is 428 g/mol. The average Bonchev–Trinajstić information content (AvgIpc) is 3.30. The number of carbonyl (C=O) groups excluding carboxylic acids is 3. The maximum atomic E-state index is 13.0. The van der Waals surface area contributed by atoms with Crippen LogP contribution in [0.4, 0.5) is 11.4 Å². The van der Waals surface area contributed by atoms with Gasteiger partial charge in [0.25, 0.3) is 11.6 Å². The molecule has 1 aromatic heterocycles. The first kappa shape index (κ1) is 23.2.